The molecule has 0 radical (unpaired) electrons. The van der Waals surface area contributed by atoms with Gasteiger partial charge in [0.2, 0.25) is 0 Å². The Labute approximate surface area is 334 Å². The summed E-state index contributed by atoms with van der Waals surface area (Å²) in [4.78, 5) is 17.3. The fraction of sp³-hybridized carbons (Fsp3) is 0.273. The van der Waals surface area contributed by atoms with E-state index in [1.807, 2.05) is 91.4 Å². The molecule has 0 aliphatic carbocycles. The summed E-state index contributed by atoms with van der Waals surface area (Å²) in [6, 6.07) is 20.0. The number of hydrogen-bond donors (Lipinski definition) is 0. The Morgan fingerprint density at radius 3 is 2.45 bits per heavy atom. The lowest BCUT2D eigenvalue weighted by atomic mass is 9.98. The molecule has 5 aromatic heterocycles. The lowest BCUT2D eigenvalue weighted by Crippen LogP contribution is -2.42. The molecule has 0 saturated carbocycles. The van der Waals surface area contributed by atoms with Crippen LogP contribution >= 0.6 is 23.2 Å². The van der Waals surface area contributed by atoms with Crippen LogP contribution in [0.15, 0.2) is 73.1 Å². The molecule has 1 aliphatic heterocycles. The first-order chi connectivity index (χ1) is 26.9. The number of rotatable bonds is 8. The van der Waals surface area contributed by atoms with Crippen molar-refractivity contribution in [2.45, 2.75) is 53.5 Å². The summed E-state index contributed by atoms with van der Waals surface area (Å²) in [6.45, 7) is 11.2. The smallest absolute Gasteiger partial charge is 0.275 e. The van der Waals surface area contributed by atoms with Crippen molar-refractivity contribution in [2.24, 2.45) is 14.1 Å². The zero-order valence-corrected chi connectivity index (χ0v) is 34.0. The molecule has 284 valence electrons. The summed E-state index contributed by atoms with van der Waals surface area (Å²) >= 11 is 13.6. The zero-order valence-electron chi connectivity index (χ0n) is 32.5. The fourth-order valence-corrected chi connectivity index (χ4v) is 9.06. The van der Waals surface area contributed by atoms with E-state index in [-0.39, 0.29) is 11.9 Å². The third kappa shape index (κ3) is 5.60. The maximum atomic E-state index is 15.3. The van der Waals surface area contributed by atoms with Gasteiger partial charge in [0, 0.05) is 82.8 Å². The maximum Gasteiger partial charge on any atom is 0.275 e. The predicted molar refractivity (Wildman–Crippen MR) is 225 cm³/mol. The van der Waals surface area contributed by atoms with Crippen LogP contribution in [-0.2, 0) is 20.5 Å². The van der Waals surface area contributed by atoms with Gasteiger partial charge in [-0.3, -0.25) is 13.9 Å². The van der Waals surface area contributed by atoms with E-state index in [4.69, 9.17) is 33.0 Å². The quantitative estimate of drug-likeness (QED) is 0.143. The molecule has 0 bridgehead atoms. The van der Waals surface area contributed by atoms with Crippen LogP contribution in [0.25, 0.3) is 50.0 Å². The van der Waals surface area contributed by atoms with Crippen LogP contribution in [0.3, 0.4) is 0 Å². The molecular formula is C44H42Cl2N8O2. The molecule has 0 spiro atoms. The van der Waals surface area contributed by atoms with Crippen molar-refractivity contribution in [3.05, 3.63) is 117 Å². The van der Waals surface area contributed by atoms with Crippen LogP contribution in [0.5, 0.6) is 5.75 Å². The van der Waals surface area contributed by atoms with E-state index in [1.165, 1.54) is 0 Å². The first-order valence-corrected chi connectivity index (χ1v) is 19.6. The number of aryl methyl sites for hydroxylation is 6. The second kappa shape index (κ2) is 13.6. The molecule has 6 heterocycles. The zero-order chi connectivity index (χ0) is 39.2. The number of anilines is 1. The number of carbonyl (C=O) groups excluding carboxylic acids is 1. The van der Waals surface area contributed by atoms with E-state index in [2.05, 4.69) is 63.6 Å². The highest BCUT2D eigenvalue weighted by molar-refractivity contribution is 6.35. The van der Waals surface area contributed by atoms with Crippen LogP contribution in [0, 0.1) is 27.7 Å². The largest absolute Gasteiger partial charge is 0.494 e. The van der Waals surface area contributed by atoms with Gasteiger partial charge in [0.05, 0.1) is 28.5 Å². The third-order valence-corrected chi connectivity index (χ3v) is 12.3. The minimum absolute atomic E-state index is 0.0493. The molecule has 3 aromatic carbocycles. The van der Waals surface area contributed by atoms with Crippen molar-refractivity contribution in [1.82, 2.24) is 33.5 Å². The van der Waals surface area contributed by atoms with E-state index in [9.17, 15) is 0 Å². The molecule has 56 heavy (non-hydrogen) atoms. The topological polar surface area (TPSA) is 87.4 Å². The Balaban J connectivity index is 1.17. The van der Waals surface area contributed by atoms with E-state index in [0.29, 0.717) is 36.7 Å². The minimum atomic E-state index is -0.0800. The lowest BCUT2D eigenvalue weighted by Gasteiger charge is -2.34. The molecule has 8 aromatic rings. The Morgan fingerprint density at radius 2 is 1.70 bits per heavy atom. The molecule has 0 N–H and O–H groups in total. The van der Waals surface area contributed by atoms with Crippen molar-refractivity contribution in [1.29, 1.82) is 0 Å². The molecule has 0 unspecified atom stereocenters. The predicted octanol–water partition coefficient (Wildman–Crippen LogP) is 10.0. The molecular weight excluding hydrogens is 743 g/mol. The van der Waals surface area contributed by atoms with Gasteiger partial charge >= 0.3 is 0 Å². The molecule has 0 fully saturated rings. The number of nitrogens with zero attached hydrogens (tertiary/aromatic N) is 8. The van der Waals surface area contributed by atoms with Crippen LogP contribution in [-0.4, -0.2) is 52.6 Å². The van der Waals surface area contributed by atoms with Crippen molar-refractivity contribution >= 4 is 62.2 Å². The molecule has 12 heteroatoms. The Kier molecular flexibility index (Phi) is 8.74. The molecule has 1 amide bonds. The molecule has 9 rings (SSSR count). The number of fused-ring (bicyclic) bond motifs is 5. The van der Waals surface area contributed by atoms with Crippen molar-refractivity contribution in [3.8, 4) is 28.3 Å². The van der Waals surface area contributed by atoms with E-state index in [0.717, 1.165) is 94.5 Å². The summed E-state index contributed by atoms with van der Waals surface area (Å²) in [6.07, 6.45) is 5.35. The number of hydrogen-bond acceptors (Lipinski definition) is 5. The highest BCUT2D eigenvalue weighted by Gasteiger charge is 2.37. The monoisotopic (exact) mass is 784 g/mol. The molecule has 1 aliphatic rings. The number of benzene rings is 3. The average molecular weight is 786 g/mol. The summed E-state index contributed by atoms with van der Waals surface area (Å²) < 4.78 is 14.5. The van der Waals surface area contributed by atoms with Gasteiger partial charge in [-0.15, -0.1) is 10.2 Å². The SMILES string of the molecule is Cc1cc(OCCCc2c3n(c4c(-c5c(C)nn(C)c5C)c(Cl)ccc24)[C@H](C)CN(c2cn(C)c4ccc(-c5nnc6ccccn56)cc24)C3=O)cc(C)c1Cl. The summed E-state index contributed by atoms with van der Waals surface area (Å²) in [7, 11) is 3.97. The third-order valence-electron chi connectivity index (χ3n) is 11.4. The van der Waals surface area contributed by atoms with Gasteiger partial charge in [0.1, 0.15) is 11.4 Å². The van der Waals surface area contributed by atoms with Crippen molar-refractivity contribution < 1.29 is 9.53 Å². The highest BCUT2D eigenvalue weighted by atomic mass is 35.5. The molecule has 10 nitrogen and oxygen atoms in total. The van der Waals surface area contributed by atoms with Gasteiger partial charge in [-0.2, -0.15) is 5.10 Å². The van der Waals surface area contributed by atoms with E-state index >= 15 is 4.79 Å². The molecule has 0 saturated heterocycles. The van der Waals surface area contributed by atoms with Crippen LogP contribution in [0.2, 0.25) is 10.0 Å². The fourth-order valence-electron chi connectivity index (χ4n) is 8.70. The van der Waals surface area contributed by atoms with Gasteiger partial charge in [0.15, 0.2) is 11.5 Å². The van der Waals surface area contributed by atoms with Gasteiger partial charge in [-0.25, -0.2) is 0 Å². The first kappa shape index (κ1) is 36.1. The lowest BCUT2D eigenvalue weighted by molar-refractivity contribution is 0.0957. The Morgan fingerprint density at radius 1 is 0.911 bits per heavy atom. The van der Waals surface area contributed by atoms with Gasteiger partial charge in [-0.05, 0) is 113 Å². The second-order valence-electron chi connectivity index (χ2n) is 15.1. The van der Waals surface area contributed by atoms with Crippen LogP contribution in [0.4, 0.5) is 5.69 Å². The van der Waals surface area contributed by atoms with Gasteiger partial charge in [-0.1, -0.05) is 35.3 Å². The molecule has 1 atom stereocenters. The second-order valence-corrected chi connectivity index (χ2v) is 15.9. The van der Waals surface area contributed by atoms with E-state index < -0.39 is 0 Å². The number of pyridine rings is 1. The van der Waals surface area contributed by atoms with Crippen LogP contribution in [0.1, 0.15) is 58.0 Å². The normalized spacial score (nSPS) is 14.5. The van der Waals surface area contributed by atoms with Crippen molar-refractivity contribution in [2.75, 3.05) is 18.1 Å². The van der Waals surface area contributed by atoms with Gasteiger partial charge < -0.3 is 18.8 Å². The highest BCUT2D eigenvalue weighted by Crippen LogP contribution is 2.46. The summed E-state index contributed by atoms with van der Waals surface area (Å²) in [5.41, 5.74) is 12.0. The number of amides is 1. The summed E-state index contributed by atoms with van der Waals surface area (Å²) in [5.74, 6) is 1.48. The average Bonchev–Trinajstić information content (AvgIpc) is 3.91. The Hall–Kier alpha value is -5.58. The first-order valence-electron chi connectivity index (χ1n) is 18.9. The number of halogens is 2. The van der Waals surface area contributed by atoms with Crippen LogP contribution < -0.4 is 9.64 Å². The minimum Gasteiger partial charge on any atom is -0.494 e. The standard InChI is InChI=1S/C44H42Cl2N8O2/c1-24-19-30(20-25(2)40(24)46)56-18-10-11-31-32-14-15-34(45)39(38-27(4)49-51(7)28(38)5)41(32)54-26(3)22-53(44(55)42(31)54)36-23-50(6)35-16-13-29(21-33(35)36)43-48-47-37-12-8-9-17-52(37)43/h8-9,12-17,19-21,23,26H,10-11,18,22H2,1-7H3/t26-/m1/s1. The van der Waals surface area contributed by atoms with Gasteiger partial charge in [0.25, 0.3) is 5.91 Å². The maximum absolute atomic E-state index is 15.3. The number of aromatic nitrogens is 7. The summed E-state index contributed by atoms with van der Waals surface area (Å²) in [5, 5.41) is 17.0. The number of carbonyl (C=O) groups is 1. The number of ether oxygens (including phenoxy) is 1. The van der Waals surface area contributed by atoms with Crippen molar-refractivity contribution in [3.63, 3.8) is 0 Å². The Bertz CT molecular complexity index is 2870. The van der Waals surface area contributed by atoms with E-state index in [1.54, 1.807) is 0 Å².